The van der Waals surface area contributed by atoms with Crippen molar-refractivity contribution in [2.24, 2.45) is 5.11 Å². The Morgan fingerprint density at radius 1 is 1.25 bits per heavy atom. The number of aryl methyl sites for hydroxylation is 1. The Labute approximate surface area is 188 Å². The summed E-state index contributed by atoms with van der Waals surface area (Å²) in [6, 6.07) is 12.3. The van der Waals surface area contributed by atoms with Crippen molar-refractivity contribution in [3.8, 4) is 5.75 Å². The molecule has 1 aliphatic rings. The first kappa shape index (κ1) is 22.2. The Hall–Kier alpha value is -3.03. The van der Waals surface area contributed by atoms with Crippen LogP contribution in [0.1, 0.15) is 48.1 Å². The number of piperidine rings is 1. The van der Waals surface area contributed by atoms with Crippen LogP contribution in [0.4, 0.5) is 0 Å². The third kappa shape index (κ3) is 4.31. The van der Waals surface area contributed by atoms with Gasteiger partial charge in [-0.25, -0.2) is 5.53 Å². The summed E-state index contributed by atoms with van der Waals surface area (Å²) in [4.78, 5) is 5.87. The average molecular weight is 434 g/mol. The van der Waals surface area contributed by atoms with E-state index in [1.165, 1.54) is 22.1 Å². The van der Waals surface area contributed by atoms with Crippen molar-refractivity contribution < 1.29 is 9.47 Å². The molecule has 2 unspecified atom stereocenters. The van der Waals surface area contributed by atoms with Gasteiger partial charge in [0.15, 0.2) is 5.84 Å². The molecular weight excluding hydrogens is 402 g/mol. The number of hydrogen-bond donors (Lipinski definition) is 3. The molecule has 2 atom stereocenters. The van der Waals surface area contributed by atoms with Gasteiger partial charge >= 0.3 is 0 Å². The fraction of sp³-hybridized carbons (Fsp3) is 0.400. The van der Waals surface area contributed by atoms with E-state index >= 15 is 0 Å². The molecule has 2 aromatic carbocycles. The molecule has 168 valence electrons. The number of methoxy groups -OCH3 is 1. The van der Waals surface area contributed by atoms with Gasteiger partial charge in [0.25, 0.3) is 0 Å². The summed E-state index contributed by atoms with van der Waals surface area (Å²) in [5, 5.41) is 12.2. The van der Waals surface area contributed by atoms with E-state index in [2.05, 4.69) is 46.2 Å². The lowest BCUT2D eigenvalue weighted by Crippen LogP contribution is -2.39. The number of aromatic amines is 1. The minimum atomic E-state index is -0.0246. The lowest BCUT2D eigenvalue weighted by Gasteiger charge is -2.40. The maximum absolute atomic E-state index is 7.79. The van der Waals surface area contributed by atoms with Crippen LogP contribution in [-0.2, 0) is 11.3 Å². The molecular formula is C25H31N5O2. The van der Waals surface area contributed by atoms with Crippen LogP contribution in [0.25, 0.3) is 10.9 Å². The number of hydrogen-bond acceptors (Lipinski definition) is 5. The first-order chi connectivity index (χ1) is 15.5. The van der Waals surface area contributed by atoms with Gasteiger partial charge < -0.3 is 14.5 Å². The molecule has 1 saturated heterocycles. The number of rotatable bonds is 7. The standard InChI is InChI=1S/C25H31N5O2/c1-4-32-19-10-12-30(22(14-19)17-5-7-18(8-6-17)25(26)29-27)15-21-20-9-11-28-24(20)16(2)13-23(21)31-3/h5-9,11,13,19,22,26-28H,4,10,12,14-15H2,1-3H3. The van der Waals surface area contributed by atoms with Gasteiger partial charge in [0.2, 0.25) is 0 Å². The third-order valence-electron chi connectivity index (χ3n) is 6.44. The summed E-state index contributed by atoms with van der Waals surface area (Å²) < 4.78 is 11.8. The maximum Gasteiger partial charge on any atom is 0.173 e. The normalized spacial score (nSPS) is 19.2. The van der Waals surface area contributed by atoms with E-state index in [0.717, 1.165) is 37.2 Å². The second kappa shape index (κ2) is 9.63. The number of ether oxygens (including phenoxy) is 2. The van der Waals surface area contributed by atoms with Crippen LogP contribution < -0.4 is 4.74 Å². The second-order valence-corrected chi connectivity index (χ2v) is 8.31. The molecule has 0 aliphatic carbocycles. The molecule has 2 heterocycles. The minimum Gasteiger partial charge on any atom is -0.496 e. The van der Waals surface area contributed by atoms with Crippen molar-refractivity contribution in [1.82, 2.24) is 9.88 Å². The van der Waals surface area contributed by atoms with Crippen LogP contribution in [0.3, 0.4) is 0 Å². The number of aromatic nitrogens is 1. The molecule has 1 aliphatic heterocycles. The summed E-state index contributed by atoms with van der Waals surface area (Å²) in [6.07, 6.45) is 4.13. The molecule has 0 saturated carbocycles. The van der Waals surface area contributed by atoms with Gasteiger partial charge in [-0.05, 0) is 49.9 Å². The van der Waals surface area contributed by atoms with Crippen LogP contribution in [-0.4, -0.2) is 42.1 Å². The van der Waals surface area contributed by atoms with Crippen molar-refractivity contribution in [2.45, 2.75) is 45.4 Å². The molecule has 0 radical (unpaired) electrons. The minimum absolute atomic E-state index is 0.0246. The molecule has 7 heteroatoms. The first-order valence-corrected chi connectivity index (χ1v) is 11.1. The van der Waals surface area contributed by atoms with Crippen molar-refractivity contribution in [1.29, 1.82) is 10.9 Å². The van der Waals surface area contributed by atoms with Crippen LogP contribution in [0.5, 0.6) is 5.75 Å². The van der Waals surface area contributed by atoms with Gasteiger partial charge in [0.05, 0.1) is 13.2 Å². The largest absolute Gasteiger partial charge is 0.496 e. The van der Waals surface area contributed by atoms with Crippen molar-refractivity contribution >= 4 is 16.7 Å². The third-order valence-corrected chi connectivity index (χ3v) is 6.44. The lowest BCUT2D eigenvalue weighted by atomic mass is 9.91. The maximum atomic E-state index is 7.79. The highest BCUT2D eigenvalue weighted by Gasteiger charge is 2.31. The highest BCUT2D eigenvalue weighted by molar-refractivity contribution is 5.96. The zero-order valence-corrected chi connectivity index (χ0v) is 18.9. The molecule has 0 amide bonds. The van der Waals surface area contributed by atoms with Crippen LogP contribution in [0.2, 0.25) is 0 Å². The van der Waals surface area contributed by atoms with E-state index in [-0.39, 0.29) is 18.0 Å². The van der Waals surface area contributed by atoms with Crippen LogP contribution >= 0.6 is 0 Å². The number of fused-ring (bicyclic) bond motifs is 1. The van der Waals surface area contributed by atoms with Crippen molar-refractivity contribution in [3.05, 3.63) is 64.8 Å². The molecule has 32 heavy (non-hydrogen) atoms. The lowest BCUT2D eigenvalue weighted by molar-refractivity contribution is -0.0138. The molecule has 4 rings (SSSR count). The highest BCUT2D eigenvalue weighted by Crippen LogP contribution is 2.37. The average Bonchev–Trinajstić information content (AvgIpc) is 3.32. The monoisotopic (exact) mass is 433 g/mol. The number of nitrogens with one attached hydrogen (secondary N) is 3. The van der Waals surface area contributed by atoms with Gasteiger partial charge in [0, 0.05) is 54.0 Å². The second-order valence-electron chi connectivity index (χ2n) is 8.31. The molecule has 3 N–H and O–H groups in total. The molecule has 1 aromatic heterocycles. The zero-order valence-electron chi connectivity index (χ0n) is 18.9. The van der Waals surface area contributed by atoms with Gasteiger partial charge in [-0.2, -0.15) is 0 Å². The van der Waals surface area contributed by atoms with E-state index in [0.29, 0.717) is 12.2 Å². The summed E-state index contributed by atoms with van der Waals surface area (Å²) in [5.41, 5.74) is 12.5. The highest BCUT2D eigenvalue weighted by atomic mass is 16.5. The summed E-state index contributed by atoms with van der Waals surface area (Å²) in [5.74, 6) is 0.893. The SMILES string of the molecule is CCOC1CCN(Cc2c(OC)cc(C)c3[nH]ccc23)C(c2ccc(C(=N)N=N)cc2)C1. The Morgan fingerprint density at radius 3 is 2.72 bits per heavy atom. The predicted octanol–water partition coefficient (Wildman–Crippen LogP) is 5.58. The molecule has 0 spiro atoms. The van der Waals surface area contributed by atoms with Gasteiger partial charge in [-0.15, -0.1) is 5.11 Å². The van der Waals surface area contributed by atoms with E-state index in [1.54, 1.807) is 7.11 Å². The number of benzene rings is 2. The fourth-order valence-corrected chi connectivity index (χ4v) is 4.82. The van der Waals surface area contributed by atoms with Crippen molar-refractivity contribution in [3.63, 3.8) is 0 Å². The fourth-order valence-electron chi connectivity index (χ4n) is 4.82. The first-order valence-electron chi connectivity index (χ1n) is 11.1. The van der Waals surface area contributed by atoms with E-state index in [9.17, 15) is 0 Å². The summed E-state index contributed by atoms with van der Waals surface area (Å²) in [6.45, 7) is 6.57. The zero-order chi connectivity index (χ0) is 22.7. The number of likely N-dealkylation sites (tertiary alicyclic amines) is 1. The summed E-state index contributed by atoms with van der Waals surface area (Å²) >= 11 is 0. The number of amidine groups is 1. The number of H-pyrrole nitrogens is 1. The van der Waals surface area contributed by atoms with Crippen LogP contribution in [0.15, 0.2) is 47.7 Å². The smallest absolute Gasteiger partial charge is 0.173 e. The van der Waals surface area contributed by atoms with Crippen LogP contribution in [0, 0.1) is 17.9 Å². The van der Waals surface area contributed by atoms with Gasteiger partial charge in [-0.3, -0.25) is 10.3 Å². The predicted molar refractivity (Wildman–Crippen MR) is 126 cm³/mol. The Balaban J connectivity index is 1.68. The topological polar surface area (TPSA) is 97.6 Å². The Bertz CT molecular complexity index is 1110. The Kier molecular flexibility index (Phi) is 6.67. The van der Waals surface area contributed by atoms with E-state index in [4.69, 9.17) is 20.4 Å². The quantitative estimate of drug-likeness (QED) is 0.258. The van der Waals surface area contributed by atoms with Crippen molar-refractivity contribution in [2.75, 3.05) is 20.3 Å². The molecule has 3 aromatic rings. The molecule has 1 fully saturated rings. The summed E-state index contributed by atoms with van der Waals surface area (Å²) in [7, 11) is 1.74. The van der Waals surface area contributed by atoms with E-state index < -0.39 is 0 Å². The molecule has 7 nitrogen and oxygen atoms in total. The Morgan fingerprint density at radius 2 is 2.03 bits per heavy atom. The van der Waals surface area contributed by atoms with Gasteiger partial charge in [-0.1, -0.05) is 24.3 Å². The number of nitrogens with zero attached hydrogens (tertiary/aromatic N) is 2. The molecule has 0 bridgehead atoms. The van der Waals surface area contributed by atoms with E-state index in [1.807, 2.05) is 25.3 Å². The van der Waals surface area contributed by atoms with Gasteiger partial charge in [0.1, 0.15) is 5.75 Å².